The highest BCUT2D eigenvalue weighted by molar-refractivity contribution is 7.27. The molecular formula is C33H19N3S. The molecule has 0 fully saturated rings. The fraction of sp³-hybridized carbons (Fsp3) is 0. The Morgan fingerprint density at radius 1 is 0.622 bits per heavy atom. The van der Waals surface area contributed by atoms with Crippen LogP contribution >= 0.6 is 11.3 Å². The van der Waals surface area contributed by atoms with Gasteiger partial charge in [-0.2, -0.15) is 0 Å². The lowest BCUT2D eigenvalue weighted by Crippen LogP contribution is -1.92. The van der Waals surface area contributed by atoms with Crippen molar-refractivity contribution in [3.05, 3.63) is 109 Å². The Morgan fingerprint density at radius 2 is 1.41 bits per heavy atom. The number of H-pyrrole nitrogens is 1. The number of hydrogen-bond donors (Lipinski definition) is 1. The maximum absolute atomic E-state index is 4.51. The first-order chi connectivity index (χ1) is 18.4. The Bertz CT molecular complexity index is 2350. The number of thiophene rings is 1. The molecule has 37 heavy (non-hydrogen) atoms. The van der Waals surface area contributed by atoms with Gasteiger partial charge in [0.1, 0.15) is 0 Å². The standard InChI is InChI=1S/C33H19N3S/c1-2-8-19(9-3-1)36-27-14-15-34-18-25(27)23-16-24-29(17-28(23)36)37-33-21-11-5-4-10-20(21)32-30(31(24)33)22-12-6-7-13-26(22)35-32/h1-18,35H. The number of nitrogens with one attached hydrogen (secondary N) is 1. The molecule has 0 aliphatic carbocycles. The van der Waals surface area contributed by atoms with Crippen molar-refractivity contribution < 1.29 is 0 Å². The summed E-state index contributed by atoms with van der Waals surface area (Å²) in [7, 11) is 0. The molecule has 5 aromatic carbocycles. The van der Waals surface area contributed by atoms with Gasteiger partial charge in [0.15, 0.2) is 0 Å². The molecular weight excluding hydrogens is 470 g/mol. The van der Waals surface area contributed by atoms with Gasteiger partial charge in [0, 0.05) is 76.1 Å². The fourth-order valence-corrected chi connectivity index (χ4v) is 7.51. The summed E-state index contributed by atoms with van der Waals surface area (Å²) in [5.41, 5.74) is 5.96. The van der Waals surface area contributed by atoms with E-state index in [0.29, 0.717) is 0 Å². The molecule has 172 valence electrons. The minimum atomic E-state index is 1.17. The van der Waals surface area contributed by atoms with Gasteiger partial charge < -0.3 is 9.55 Å². The zero-order chi connectivity index (χ0) is 24.1. The summed E-state index contributed by atoms with van der Waals surface area (Å²) in [5, 5.41) is 10.3. The summed E-state index contributed by atoms with van der Waals surface area (Å²) in [6.45, 7) is 0. The van der Waals surface area contributed by atoms with Gasteiger partial charge in [0.05, 0.1) is 16.6 Å². The lowest BCUT2D eigenvalue weighted by Gasteiger charge is -2.07. The topological polar surface area (TPSA) is 33.6 Å². The lowest BCUT2D eigenvalue weighted by molar-refractivity contribution is 1.18. The Hall–Kier alpha value is -4.67. The minimum absolute atomic E-state index is 1.17. The molecule has 1 N–H and O–H groups in total. The average molecular weight is 490 g/mol. The first-order valence-corrected chi connectivity index (χ1v) is 13.3. The van der Waals surface area contributed by atoms with Gasteiger partial charge in [-0.1, -0.05) is 60.7 Å². The van der Waals surface area contributed by atoms with Gasteiger partial charge in [0.2, 0.25) is 0 Å². The molecule has 4 heteroatoms. The van der Waals surface area contributed by atoms with E-state index in [4.69, 9.17) is 0 Å². The third-order valence-electron chi connectivity index (χ3n) is 7.79. The molecule has 0 saturated heterocycles. The summed E-state index contributed by atoms with van der Waals surface area (Å²) < 4.78 is 5.03. The number of rotatable bonds is 1. The molecule has 0 amide bonds. The van der Waals surface area contributed by atoms with Crippen molar-refractivity contribution in [2.24, 2.45) is 0 Å². The van der Waals surface area contributed by atoms with Crippen molar-refractivity contribution in [2.75, 3.05) is 0 Å². The van der Waals surface area contributed by atoms with Crippen LogP contribution in [-0.4, -0.2) is 14.5 Å². The average Bonchev–Trinajstić information content (AvgIpc) is 3.62. The molecule has 0 unspecified atom stereocenters. The van der Waals surface area contributed by atoms with E-state index in [1.165, 1.54) is 80.2 Å². The second-order valence-electron chi connectivity index (χ2n) is 9.70. The summed E-state index contributed by atoms with van der Waals surface area (Å²) in [4.78, 5) is 8.26. The second-order valence-corrected chi connectivity index (χ2v) is 10.8. The molecule has 0 spiro atoms. The predicted molar refractivity (Wildman–Crippen MR) is 158 cm³/mol. The number of hydrogen-bond acceptors (Lipinski definition) is 2. The number of benzene rings is 5. The molecule has 0 aliphatic rings. The molecule has 4 heterocycles. The summed E-state index contributed by atoms with van der Waals surface area (Å²) in [6.07, 6.45) is 3.90. The van der Waals surface area contributed by atoms with E-state index in [1.807, 2.05) is 23.7 Å². The smallest absolute Gasteiger partial charge is 0.0571 e. The van der Waals surface area contributed by atoms with Crippen molar-refractivity contribution in [2.45, 2.75) is 0 Å². The zero-order valence-electron chi connectivity index (χ0n) is 19.7. The second kappa shape index (κ2) is 6.96. The van der Waals surface area contributed by atoms with Crippen LogP contribution in [0.1, 0.15) is 0 Å². The Labute approximate surface area is 215 Å². The fourth-order valence-electron chi connectivity index (χ4n) is 6.25. The van der Waals surface area contributed by atoms with Crippen molar-refractivity contribution in [3.8, 4) is 5.69 Å². The van der Waals surface area contributed by atoms with E-state index in [1.54, 1.807) is 0 Å². The highest BCUT2D eigenvalue weighted by atomic mass is 32.1. The number of fused-ring (bicyclic) bond motifs is 13. The highest BCUT2D eigenvalue weighted by Crippen LogP contribution is 2.47. The van der Waals surface area contributed by atoms with Crippen LogP contribution in [0.3, 0.4) is 0 Å². The molecule has 4 aromatic heterocycles. The molecule has 9 rings (SSSR count). The number of nitrogens with zero attached hydrogens (tertiary/aromatic N) is 2. The van der Waals surface area contributed by atoms with E-state index < -0.39 is 0 Å². The van der Waals surface area contributed by atoms with Gasteiger partial charge in [0.25, 0.3) is 0 Å². The molecule has 0 radical (unpaired) electrons. The number of pyridine rings is 1. The van der Waals surface area contributed by atoms with Crippen LogP contribution in [0.15, 0.2) is 109 Å². The van der Waals surface area contributed by atoms with Crippen LogP contribution in [0.2, 0.25) is 0 Å². The summed E-state index contributed by atoms with van der Waals surface area (Å²) in [6, 6.07) is 35.0. The Kier molecular flexibility index (Phi) is 3.67. The first kappa shape index (κ1) is 19.5. The lowest BCUT2D eigenvalue weighted by atomic mass is 9.99. The van der Waals surface area contributed by atoms with Crippen molar-refractivity contribution in [1.29, 1.82) is 0 Å². The van der Waals surface area contributed by atoms with Gasteiger partial charge in [-0.15, -0.1) is 11.3 Å². The molecule has 0 saturated carbocycles. The molecule has 0 bridgehead atoms. The largest absolute Gasteiger partial charge is 0.354 e. The van der Waals surface area contributed by atoms with E-state index >= 15 is 0 Å². The van der Waals surface area contributed by atoms with Crippen LogP contribution < -0.4 is 0 Å². The van der Waals surface area contributed by atoms with E-state index in [9.17, 15) is 0 Å². The zero-order valence-corrected chi connectivity index (χ0v) is 20.5. The predicted octanol–water partition coefficient (Wildman–Crippen LogP) is 9.33. The maximum Gasteiger partial charge on any atom is 0.0571 e. The van der Waals surface area contributed by atoms with Gasteiger partial charge in [-0.25, -0.2) is 0 Å². The van der Waals surface area contributed by atoms with Crippen molar-refractivity contribution >= 4 is 85.9 Å². The first-order valence-electron chi connectivity index (χ1n) is 12.5. The van der Waals surface area contributed by atoms with Crippen LogP contribution in [-0.2, 0) is 0 Å². The quantitative estimate of drug-likeness (QED) is 0.245. The van der Waals surface area contributed by atoms with Crippen molar-refractivity contribution in [3.63, 3.8) is 0 Å². The Balaban J connectivity index is 1.55. The van der Waals surface area contributed by atoms with Crippen molar-refractivity contribution in [1.82, 2.24) is 14.5 Å². The third kappa shape index (κ3) is 2.48. The van der Waals surface area contributed by atoms with Crippen LogP contribution in [0.5, 0.6) is 0 Å². The summed E-state index contributed by atoms with van der Waals surface area (Å²) >= 11 is 1.90. The van der Waals surface area contributed by atoms with Crippen LogP contribution in [0.25, 0.3) is 80.2 Å². The molecule has 0 aliphatic heterocycles. The highest BCUT2D eigenvalue weighted by Gasteiger charge is 2.20. The third-order valence-corrected chi connectivity index (χ3v) is 8.97. The van der Waals surface area contributed by atoms with E-state index in [-0.39, 0.29) is 0 Å². The molecule has 9 aromatic rings. The SMILES string of the molecule is c1ccc(-n2c3ccncc3c3cc4c(cc32)sc2c3ccccc3c3[nH]c5ccccc5c3c42)cc1. The van der Waals surface area contributed by atoms with Crippen LogP contribution in [0, 0.1) is 0 Å². The van der Waals surface area contributed by atoms with Crippen LogP contribution in [0.4, 0.5) is 0 Å². The van der Waals surface area contributed by atoms with E-state index in [2.05, 4.69) is 112 Å². The normalized spacial score (nSPS) is 12.3. The monoisotopic (exact) mass is 489 g/mol. The van der Waals surface area contributed by atoms with Gasteiger partial charge in [-0.05, 0) is 36.4 Å². The van der Waals surface area contributed by atoms with E-state index in [0.717, 1.165) is 0 Å². The number of aromatic nitrogens is 3. The molecule has 3 nitrogen and oxygen atoms in total. The minimum Gasteiger partial charge on any atom is -0.354 e. The maximum atomic E-state index is 4.51. The summed E-state index contributed by atoms with van der Waals surface area (Å²) in [5.74, 6) is 0. The number of para-hydroxylation sites is 2. The van der Waals surface area contributed by atoms with Gasteiger partial charge in [-0.3, -0.25) is 4.98 Å². The number of aromatic amines is 1. The Morgan fingerprint density at radius 3 is 2.30 bits per heavy atom. The van der Waals surface area contributed by atoms with Gasteiger partial charge >= 0.3 is 0 Å². The molecule has 0 atom stereocenters.